The summed E-state index contributed by atoms with van der Waals surface area (Å²) in [5, 5.41) is 7.47. The first-order chi connectivity index (χ1) is 14.1. The Morgan fingerprint density at radius 2 is 1.79 bits per heavy atom. The van der Waals surface area contributed by atoms with Gasteiger partial charge in [0.2, 0.25) is 0 Å². The quantitative estimate of drug-likeness (QED) is 0.820. The zero-order chi connectivity index (χ0) is 20.3. The number of nitrogens with zero attached hydrogens (tertiary/aromatic N) is 3. The average molecular weight is 399 g/mol. The summed E-state index contributed by atoms with van der Waals surface area (Å²) in [7, 11) is 0. The maximum atomic E-state index is 14.1. The van der Waals surface area contributed by atoms with Crippen LogP contribution in [0.1, 0.15) is 67.4 Å². The van der Waals surface area contributed by atoms with Gasteiger partial charge < -0.3 is 5.32 Å². The first-order valence-corrected chi connectivity index (χ1v) is 10.9. The van der Waals surface area contributed by atoms with Crippen LogP contribution in [-0.2, 0) is 0 Å². The molecule has 1 aliphatic carbocycles. The highest BCUT2D eigenvalue weighted by atomic mass is 19.1. The lowest BCUT2D eigenvalue weighted by Gasteiger charge is -2.48. The number of hydrogen-bond acceptors (Lipinski definition) is 3. The average Bonchev–Trinajstić information content (AvgIpc) is 3.15. The van der Waals surface area contributed by atoms with E-state index in [1.54, 1.807) is 24.4 Å². The van der Waals surface area contributed by atoms with Crippen LogP contribution in [0.15, 0.2) is 30.5 Å². The summed E-state index contributed by atoms with van der Waals surface area (Å²) in [5.41, 5.74) is 1.62. The Bertz CT molecular complexity index is 850. The molecule has 4 rings (SSSR count). The van der Waals surface area contributed by atoms with Crippen molar-refractivity contribution in [1.29, 1.82) is 0 Å². The van der Waals surface area contributed by atoms with Crippen molar-refractivity contribution in [3.8, 4) is 5.69 Å². The van der Waals surface area contributed by atoms with Crippen molar-refractivity contribution in [2.45, 2.75) is 63.8 Å². The molecule has 156 valence electrons. The molecule has 2 heterocycles. The third kappa shape index (κ3) is 4.08. The molecule has 1 amide bonds. The van der Waals surface area contributed by atoms with Crippen molar-refractivity contribution in [3.05, 3.63) is 47.5 Å². The number of amides is 1. The molecule has 2 aliphatic rings. The van der Waals surface area contributed by atoms with Crippen LogP contribution in [0.25, 0.3) is 5.69 Å². The summed E-state index contributed by atoms with van der Waals surface area (Å²) in [6.45, 7) is 4.77. The number of carbonyl (C=O) groups is 1. The summed E-state index contributed by atoms with van der Waals surface area (Å²) in [6.07, 6.45) is 11.4. The van der Waals surface area contributed by atoms with Crippen LogP contribution < -0.4 is 5.32 Å². The number of hydrogen-bond donors (Lipinski definition) is 1. The van der Waals surface area contributed by atoms with Gasteiger partial charge in [-0.25, -0.2) is 9.07 Å². The van der Waals surface area contributed by atoms with Crippen molar-refractivity contribution in [3.63, 3.8) is 0 Å². The molecule has 6 heteroatoms. The Labute approximate surface area is 172 Å². The van der Waals surface area contributed by atoms with E-state index in [-0.39, 0.29) is 17.3 Å². The number of piperidine rings is 1. The van der Waals surface area contributed by atoms with Crippen molar-refractivity contribution in [2.75, 3.05) is 19.6 Å². The number of benzene rings is 1. The van der Waals surface area contributed by atoms with Gasteiger partial charge in [0.15, 0.2) is 0 Å². The molecule has 1 saturated carbocycles. The minimum absolute atomic E-state index is 0.0871. The van der Waals surface area contributed by atoms with E-state index in [2.05, 4.69) is 15.3 Å². The minimum atomic E-state index is -0.350. The highest BCUT2D eigenvalue weighted by Crippen LogP contribution is 2.35. The molecule has 2 aromatic rings. The number of para-hydroxylation sites is 1. The van der Waals surface area contributed by atoms with Crippen LogP contribution in [0.2, 0.25) is 0 Å². The maximum absolute atomic E-state index is 14.1. The Kier molecular flexibility index (Phi) is 5.99. The number of halogens is 1. The third-order valence-corrected chi connectivity index (χ3v) is 6.72. The van der Waals surface area contributed by atoms with E-state index in [0.29, 0.717) is 23.5 Å². The second kappa shape index (κ2) is 8.66. The van der Waals surface area contributed by atoms with Gasteiger partial charge in [-0.2, -0.15) is 5.10 Å². The highest BCUT2D eigenvalue weighted by molar-refractivity contribution is 5.95. The number of carbonyl (C=O) groups excluding carboxylic acids is 1. The smallest absolute Gasteiger partial charge is 0.254 e. The molecule has 1 aromatic carbocycles. The van der Waals surface area contributed by atoms with Crippen molar-refractivity contribution in [1.82, 2.24) is 20.0 Å². The van der Waals surface area contributed by atoms with Gasteiger partial charge in [-0.05, 0) is 57.8 Å². The Morgan fingerprint density at radius 1 is 1.10 bits per heavy atom. The summed E-state index contributed by atoms with van der Waals surface area (Å²) in [6, 6.07) is 6.49. The molecule has 0 bridgehead atoms. The van der Waals surface area contributed by atoms with E-state index < -0.39 is 0 Å². The molecular formula is C23H31FN4O. The van der Waals surface area contributed by atoms with Gasteiger partial charge in [-0.15, -0.1) is 0 Å². The first kappa shape index (κ1) is 20.1. The van der Waals surface area contributed by atoms with Crippen LogP contribution in [-0.4, -0.2) is 45.8 Å². The van der Waals surface area contributed by atoms with E-state index in [1.807, 2.05) is 6.92 Å². The summed E-state index contributed by atoms with van der Waals surface area (Å²) in [4.78, 5) is 15.6. The molecule has 1 saturated heterocycles. The van der Waals surface area contributed by atoms with Gasteiger partial charge in [0.1, 0.15) is 11.5 Å². The molecule has 29 heavy (non-hydrogen) atoms. The molecule has 2 fully saturated rings. The SMILES string of the molecule is Cc1c(C(=O)NCC2(N3CCCCC3)CCCCC2)cnn1-c1ccccc1F. The van der Waals surface area contributed by atoms with Crippen molar-refractivity contribution >= 4 is 5.91 Å². The standard InChI is InChI=1S/C23H31FN4O/c1-18-19(16-26-28(18)21-11-5-4-10-20(21)24)22(29)25-17-23(12-6-2-7-13-23)27-14-8-3-9-15-27/h4-5,10-11,16H,2-3,6-9,12-15,17H2,1H3,(H,25,29). The lowest BCUT2D eigenvalue weighted by molar-refractivity contribution is 0.0326. The monoisotopic (exact) mass is 398 g/mol. The molecule has 0 unspecified atom stereocenters. The second-order valence-electron chi connectivity index (χ2n) is 8.52. The van der Waals surface area contributed by atoms with Crippen molar-refractivity contribution < 1.29 is 9.18 Å². The lowest BCUT2D eigenvalue weighted by atomic mass is 9.79. The fraction of sp³-hybridized carbons (Fsp3) is 0.565. The van der Waals surface area contributed by atoms with E-state index in [9.17, 15) is 9.18 Å². The zero-order valence-electron chi connectivity index (χ0n) is 17.3. The normalized spacial score (nSPS) is 19.8. The predicted molar refractivity (Wildman–Crippen MR) is 112 cm³/mol. The van der Waals surface area contributed by atoms with Gasteiger partial charge in [-0.1, -0.05) is 37.8 Å². The van der Waals surface area contributed by atoms with Crippen LogP contribution in [0.4, 0.5) is 4.39 Å². The first-order valence-electron chi connectivity index (χ1n) is 10.9. The molecule has 1 aliphatic heterocycles. The molecule has 0 atom stereocenters. The summed E-state index contributed by atoms with van der Waals surface area (Å²) >= 11 is 0. The second-order valence-corrected chi connectivity index (χ2v) is 8.52. The largest absolute Gasteiger partial charge is 0.350 e. The topological polar surface area (TPSA) is 50.2 Å². The number of aromatic nitrogens is 2. The lowest BCUT2D eigenvalue weighted by Crippen LogP contribution is -2.58. The van der Waals surface area contributed by atoms with Gasteiger partial charge in [-0.3, -0.25) is 9.69 Å². The number of nitrogens with one attached hydrogen (secondary N) is 1. The fourth-order valence-corrected chi connectivity index (χ4v) is 5.02. The van der Waals surface area contributed by atoms with E-state index in [4.69, 9.17) is 0 Å². The number of likely N-dealkylation sites (tertiary alicyclic amines) is 1. The Hall–Kier alpha value is -2.21. The number of rotatable bonds is 5. The third-order valence-electron chi connectivity index (χ3n) is 6.72. The summed E-state index contributed by atoms with van der Waals surface area (Å²) < 4.78 is 15.7. The molecule has 0 radical (unpaired) electrons. The van der Waals surface area contributed by atoms with Gasteiger partial charge >= 0.3 is 0 Å². The summed E-state index contributed by atoms with van der Waals surface area (Å²) in [5.74, 6) is -0.469. The zero-order valence-corrected chi connectivity index (χ0v) is 17.3. The van der Waals surface area contributed by atoms with Crippen molar-refractivity contribution in [2.24, 2.45) is 0 Å². The minimum Gasteiger partial charge on any atom is -0.350 e. The Balaban J connectivity index is 1.49. The molecule has 1 aromatic heterocycles. The van der Waals surface area contributed by atoms with Gasteiger partial charge in [0.05, 0.1) is 17.5 Å². The van der Waals surface area contributed by atoms with E-state index >= 15 is 0 Å². The van der Waals surface area contributed by atoms with E-state index in [0.717, 1.165) is 25.9 Å². The van der Waals surface area contributed by atoms with Crippen LogP contribution in [0.3, 0.4) is 0 Å². The molecule has 5 nitrogen and oxygen atoms in total. The predicted octanol–water partition coefficient (Wildman–Crippen LogP) is 4.24. The van der Waals surface area contributed by atoms with Gasteiger partial charge in [0, 0.05) is 12.1 Å². The molecule has 1 N–H and O–H groups in total. The fourth-order valence-electron chi connectivity index (χ4n) is 5.02. The molecule has 0 spiro atoms. The Morgan fingerprint density at radius 3 is 2.52 bits per heavy atom. The molecular weight excluding hydrogens is 367 g/mol. The van der Waals surface area contributed by atoms with E-state index in [1.165, 1.54) is 49.3 Å². The van der Waals surface area contributed by atoms with Crippen LogP contribution in [0, 0.1) is 12.7 Å². The van der Waals surface area contributed by atoms with Crippen LogP contribution in [0.5, 0.6) is 0 Å². The maximum Gasteiger partial charge on any atom is 0.254 e. The van der Waals surface area contributed by atoms with Gasteiger partial charge in [0.25, 0.3) is 5.91 Å². The highest BCUT2D eigenvalue weighted by Gasteiger charge is 2.38. The van der Waals surface area contributed by atoms with Crippen LogP contribution >= 0.6 is 0 Å².